The van der Waals surface area contributed by atoms with Gasteiger partial charge < -0.3 is 11.1 Å². The summed E-state index contributed by atoms with van der Waals surface area (Å²) in [5.74, 6) is -0.410. The molecule has 3 nitrogen and oxygen atoms in total. The van der Waals surface area contributed by atoms with Crippen LogP contribution in [0.5, 0.6) is 0 Å². The maximum atomic E-state index is 13.5. The van der Waals surface area contributed by atoms with Crippen molar-refractivity contribution < 1.29 is 9.18 Å². The summed E-state index contributed by atoms with van der Waals surface area (Å²) in [6.45, 7) is 1.47. The summed E-state index contributed by atoms with van der Waals surface area (Å²) in [6.07, 6.45) is 0. The summed E-state index contributed by atoms with van der Waals surface area (Å²) in [6, 6.07) is 11.2. The van der Waals surface area contributed by atoms with Crippen LogP contribution in [0.15, 0.2) is 42.5 Å². The van der Waals surface area contributed by atoms with Gasteiger partial charge >= 0.3 is 0 Å². The zero-order valence-electron chi connectivity index (χ0n) is 9.91. The zero-order chi connectivity index (χ0) is 13.1. The lowest BCUT2D eigenvalue weighted by Crippen LogP contribution is -2.00. The number of para-hydroxylation sites is 1. The molecule has 0 radical (unpaired) electrons. The van der Waals surface area contributed by atoms with E-state index < -0.39 is 0 Å². The van der Waals surface area contributed by atoms with Gasteiger partial charge in [-0.1, -0.05) is 12.1 Å². The third-order valence-corrected chi connectivity index (χ3v) is 2.60. The molecule has 2 aromatic carbocycles. The van der Waals surface area contributed by atoms with Crippen molar-refractivity contribution in [2.75, 3.05) is 11.1 Å². The average molecular weight is 244 g/mol. The van der Waals surface area contributed by atoms with Gasteiger partial charge in [-0.2, -0.15) is 0 Å². The molecule has 0 saturated carbocycles. The predicted octanol–water partition coefficient (Wildman–Crippen LogP) is 3.35. The van der Waals surface area contributed by atoms with Gasteiger partial charge in [0.1, 0.15) is 5.82 Å². The Balaban J connectivity index is 2.30. The largest absolute Gasteiger partial charge is 0.397 e. The second-order valence-corrected chi connectivity index (χ2v) is 3.96. The number of anilines is 3. The molecule has 4 heteroatoms. The summed E-state index contributed by atoms with van der Waals surface area (Å²) in [5.41, 5.74) is 7.68. The van der Waals surface area contributed by atoms with Crippen LogP contribution in [0.4, 0.5) is 21.5 Å². The van der Waals surface area contributed by atoms with E-state index in [9.17, 15) is 9.18 Å². The maximum Gasteiger partial charge on any atom is 0.159 e. The topological polar surface area (TPSA) is 55.1 Å². The Bertz CT molecular complexity index is 596. The van der Waals surface area contributed by atoms with Crippen molar-refractivity contribution in [3.8, 4) is 0 Å². The van der Waals surface area contributed by atoms with Gasteiger partial charge in [-0.05, 0) is 37.3 Å². The highest BCUT2D eigenvalue weighted by Crippen LogP contribution is 2.25. The Hall–Kier alpha value is -2.36. The van der Waals surface area contributed by atoms with E-state index in [2.05, 4.69) is 5.32 Å². The van der Waals surface area contributed by atoms with E-state index in [0.717, 1.165) is 0 Å². The summed E-state index contributed by atoms with van der Waals surface area (Å²) in [7, 11) is 0. The molecule has 0 aromatic heterocycles. The number of rotatable bonds is 3. The number of Topliss-reactive ketones (excluding diaryl/α,β-unsaturated/α-hetero) is 1. The first-order valence-corrected chi connectivity index (χ1v) is 5.50. The van der Waals surface area contributed by atoms with E-state index in [1.807, 2.05) is 0 Å². The number of hydrogen-bond donors (Lipinski definition) is 2. The van der Waals surface area contributed by atoms with Gasteiger partial charge in [0.15, 0.2) is 5.78 Å². The van der Waals surface area contributed by atoms with E-state index in [-0.39, 0.29) is 11.6 Å². The van der Waals surface area contributed by atoms with Crippen LogP contribution in [0.1, 0.15) is 17.3 Å². The first-order chi connectivity index (χ1) is 8.58. The fraction of sp³-hybridized carbons (Fsp3) is 0.0714. The van der Waals surface area contributed by atoms with Crippen molar-refractivity contribution in [2.45, 2.75) is 6.92 Å². The molecule has 2 rings (SSSR count). The fourth-order valence-corrected chi connectivity index (χ4v) is 1.60. The van der Waals surface area contributed by atoms with E-state index in [1.165, 1.54) is 13.0 Å². The number of nitrogens with two attached hydrogens (primary N) is 1. The van der Waals surface area contributed by atoms with Crippen LogP contribution in [0.25, 0.3) is 0 Å². The third kappa shape index (κ3) is 2.48. The highest BCUT2D eigenvalue weighted by Gasteiger charge is 2.06. The molecule has 0 fully saturated rings. The highest BCUT2D eigenvalue weighted by atomic mass is 19.1. The minimum absolute atomic E-state index is 0.0564. The molecule has 92 valence electrons. The lowest BCUT2D eigenvalue weighted by atomic mass is 10.1. The molecule has 0 bridgehead atoms. The molecule has 0 atom stereocenters. The number of nitrogen functional groups attached to an aromatic ring is 1. The van der Waals surface area contributed by atoms with Crippen LogP contribution in [0.3, 0.4) is 0 Å². The highest BCUT2D eigenvalue weighted by molar-refractivity contribution is 5.96. The predicted molar refractivity (Wildman–Crippen MR) is 70.5 cm³/mol. The number of ketones is 1. The van der Waals surface area contributed by atoms with Crippen molar-refractivity contribution in [3.63, 3.8) is 0 Å². The van der Waals surface area contributed by atoms with Crippen LogP contribution in [-0.2, 0) is 0 Å². The number of benzene rings is 2. The van der Waals surface area contributed by atoms with Crippen molar-refractivity contribution in [3.05, 3.63) is 53.8 Å². The zero-order valence-corrected chi connectivity index (χ0v) is 9.91. The quantitative estimate of drug-likeness (QED) is 0.643. The van der Waals surface area contributed by atoms with Crippen LogP contribution in [-0.4, -0.2) is 5.78 Å². The molecule has 0 unspecified atom stereocenters. The van der Waals surface area contributed by atoms with E-state index in [1.54, 1.807) is 36.4 Å². The average Bonchev–Trinajstić information content (AvgIpc) is 2.34. The molecule has 0 aliphatic carbocycles. The lowest BCUT2D eigenvalue weighted by molar-refractivity contribution is 0.101. The molecular weight excluding hydrogens is 231 g/mol. The van der Waals surface area contributed by atoms with Gasteiger partial charge in [0.2, 0.25) is 0 Å². The van der Waals surface area contributed by atoms with Crippen LogP contribution >= 0.6 is 0 Å². The molecule has 3 N–H and O–H groups in total. The Kier molecular flexibility index (Phi) is 3.28. The summed E-state index contributed by atoms with van der Waals surface area (Å²) in [5, 5.41) is 2.90. The normalized spacial score (nSPS) is 10.1. The minimum Gasteiger partial charge on any atom is -0.397 e. The fourth-order valence-electron chi connectivity index (χ4n) is 1.60. The van der Waals surface area contributed by atoms with Gasteiger partial charge in [0.25, 0.3) is 0 Å². The SMILES string of the molecule is CC(=O)c1ccc(Nc2ccccc2F)c(N)c1. The monoisotopic (exact) mass is 244 g/mol. The molecule has 0 aliphatic heterocycles. The maximum absolute atomic E-state index is 13.5. The summed E-state index contributed by atoms with van der Waals surface area (Å²) in [4.78, 5) is 11.2. The second-order valence-electron chi connectivity index (χ2n) is 3.96. The molecule has 2 aromatic rings. The standard InChI is InChI=1S/C14H13FN2O/c1-9(18)10-6-7-14(12(16)8-10)17-13-5-3-2-4-11(13)15/h2-8,17H,16H2,1H3. The molecular formula is C14H13FN2O. The first-order valence-electron chi connectivity index (χ1n) is 5.50. The van der Waals surface area contributed by atoms with E-state index >= 15 is 0 Å². The number of halogens is 1. The van der Waals surface area contributed by atoms with Crippen molar-refractivity contribution >= 4 is 22.8 Å². The molecule has 0 heterocycles. The Morgan fingerprint density at radius 3 is 2.50 bits per heavy atom. The number of nitrogens with one attached hydrogen (secondary N) is 1. The lowest BCUT2D eigenvalue weighted by Gasteiger charge is -2.10. The van der Waals surface area contributed by atoms with Gasteiger partial charge in [-0.25, -0.2) is 4.39 Å². The minimum atomic E-state index is -0.354. The first kappa shape index (κ1) is 12.1. The van der Waals surface area contributed by atoms with Gasteiger partial charge in [-0.15, -0.1) is 0 Å². The summed E-state index contributed by atoms with van der Waals surface area (Å²) < 4.78 is 13.5. The number of hydrogen-bond acceptors (Lipinski definition) is 3. The third-order valence-electron chi connectivity index (χ3n) is 2.60. The molecule has 0 aliphatic rings. The molecule has 18 heavy (non-hydrogen) atoms. The molecule has 0 saturated heterocycles. The Labute approximate surface area is 104 Å². The molecule has 0 amide bonds. The van der Waals surface area contributed by atoms with Crippen molar-refractivity contribution in [1.29, 1.82) is 0 Å². The molecule has 0 spiro atoms. The Morgan fingerprint density at radius 1 is 1.17 bits per heavy atom. The van der Waals surface area contributed by atoms with Crippen LogP contribution in [0, 0.1) is 5.82 Å². The van der Waals surface area contributed by atoms with Gasteiger partial charge in [0.05, 0.1) is 17.1 Å². The van der Waals surface area contributed by atoms with Crippen LogP contribution in [0.2, 0.25) is 0 Å². The van der Waals surface area contributed by atoms with E-state index in [0.29, 0.717) is 22.6 Å². The van der Waals surface area contributed by atoms with Gasteiger partial charge in [0, 0.05) is 5.56 Å². The van der Waals surface area contributed by atoms with Gasteiger partial charge in [-0.3, -0.25) is 4.79 Å². The van der Waals surface area contributed by atoms with E-state index in [4.69, 9.17) is 5.73 Å². The van der Waals surface area contributed by atoms with Crippen LogP contribution < -0.4 is 11.1 Å². The number of carbonyl (C=O) groups is 1. The van der Waals surface area contributed by atoms with Crippen molar-refractivity contribution in [2.24, 2.45) is 0 Å². The summed E-state index contributed by atoms with van der Waals surface area (Å²) >= 11 is 0. The number of carbonyl (C=O) groups excluding carboxylic acids is 1. The smallest absolute Gasteiger partial charge is 0.159 e. The Morgan fingerprint density at radius 2 is 1.89 bits per heavy atom. The second kappa shape index (κ2) is 4.87. The van der Waals surface area contributed by atoms with Crippen molar-refractivity contribution in [1.82, 2.24) is 0 Å².